The molecule has 2 rings (SSSR count). The third-order valence-electron chi connectivity index (χ3n) is 3.99. The first-order chi connectivity index (χ1) is 12.3. The van der Waals surface area contributed by atoms with Crippen molar-refractivity contribution >= 4 is 46.1 Å². The van der Waals surface area contributed by atoms with Crippen LogP contribution in [-0.4, -0.2) is 16.0 Å². The quantitative estimate of drug-likeness (QED) is 0.340. The van der Waals surface area contributed by atoms with E-state index in [2.05, 4.69) is 5.43 Å². The Morgan fingerprint density at radius 2 is 1.54 bits per heavy atom. The molecule has 28 heavy (non-hydrogen) atoms. The molecule has 0 bridgehead atoms. The summed E-state index contributed by atoms with van der Waals surface area (Å²) >= 11 is 10.7. The van der Waals surface area contributed by atoms with Gasteiger partial charge in [-0.2, -0.15) is 0 Å². The molecule has 0 spiro atoms. The van der Waals surface area contributed by atoms with Crippen LogP contribution in [-0.2, 0) is 4.79 Å². The largest absolute Gasteiger partial charge is 0.280 e. The maximum absolute atomic E-state index is 11.2. The van der Waals surface area contributed by atoms with Crippen LogP contribution < -0.4 is 11.3 Å². The smallest absolute Gasteiger partial charge is 0.252 e. The third kappa shape index (κ3) is 11.0. The number of carbonyl (C=O) groups is 2. The van der Waals surface area contributed by atoms with E-state index in [0.29, 0.717) is 5.56 Å². The highest BCUT2D eigenvalue weighted by atomic mass is 35.5. The van der Waals surface area contributed by atoms with Crippen molar-refractivity contribution in [1.82, 2.24) is 5.43 Å². The zero-order valence-corrected chi connectivity index (χ0v) is 19.6. The van der Waals surface area contributed by atoms with Gasteiger partial charge in [-0.05, 0) is 71.2 Å². The first kappa shape index (κ1) is 29.0. The van der Waals surface area contributed by atoms with Crippen molar-refractivity contribution in [2.24, 2.45) is 11.3 Å². The summed E-state index contributed by atoms with van der Waals surface area (Å²) in [6, 6.07) is 8.74. The summed E-state index contributed by atoms with van der Waals surface area (Å²) in [5.41, 5.74) is 5.00. The predicted octanol–water partition coefficient (Wildman–Crippen LogP) is 5.79. The zero-order valence-electron chi connectivity index (χ0n) is 17.3. The number of benzene rings is 1. The Balaban J connectivity index is 0. The van der Waals surface area contributed by atoms with E-state index in [4.69, 9.17) is 29.0 Å². The number of hydrogen-bond donors (Lipinski definition) is 2. The van der Waals surface area contributed by atoms with Gasteiger partial charge in [0.1, 0.15) is 0 Å². The Bertz CT molecular complexity index is 695. The van der Waals surface area contributed by atoms with E-state index in [9.17, 15) is 9.59 Å². The van der Waals surface area contributed by atoms with Crippen LogP contribution in [0.25, 0.3) is 0 Å². The van der Waals surface area contributed by atoms with Gasteiger partial charge in [-0.1, -0.05) is 53.6 Å². The highest BCUT2D eigenvalue weighted by Gasteiger charge is 2.34. The predicted molar refractivity (Wildman–Crippen MR) is 122 cm³/mol. The van der Waals surface area contributed by atoms with Gasteiger partial charge in [-0.3, -0.25) is 20.9 Å². The molecule has 4 nitrogen and oxygen atoms in total. The van der Waals surface area contributed by atoms with Crippen LogP contribution in [0, 0.1) is 5.41 Å². The topological polar surface area (TPSA) is 72.2 Å². The Morgan fingerprint density at radius 3 is 1.82 bits per heavy atom. The average Bonchev–Trinajstić information content (AvgIpc) is 2.59. The van der Waals surface area contributed by atoms with Crippen LogP contribution in [0.15, 0.2) is 53.6 Å². The number of carbonyl (C=O) groups excluding carboxylic acids is 2. The van der Waals surface area contributed by atoms with E-state index in [1.54, 1.807) is 24.3 Å². The molecule has 1 unspecified atom stereocenters. The number of hydrazine groups is 1. The van der Waals surface area contributed by atoms with Gasteiger partial charge in [-0.25, -0.2) is 0 Å². The summed E-state index contributed by atoms with van der Waals surface area (Å²) in [6.45, 7) is 11.9. The number of nitrogens with one attached hydrogen (secondary N) is 1. The lowest BCUT2D eigenvalue weighted by Gasteiger charge is -2.29. The molecular weight excluding hydrogens is 419 g/mol. The van der Waals surface area contributed by atoms with Crippen molar-refractivity contribution in [3.63, 3.8) is 0 Å². The highest BCUT2D eigenvalue weighted by Crippen LogP contribution is 2.38. The summed E-state index contributed by atoms with van der Waals surface area (Å²) in [6.07, 6.45) is 4.76. The van der Waals surface area contributed by atoms with Gasteiger partial charge in [0.05, 0.1) is 5.41 Å². The monoisotopic (exact) mass is 448 g/mol. The first-order valence-electron chi connectivity index (χ1n) is 8.60. The van der Waals surface area contributed by atoms with Gasteiger partial charge in [0.25, 0.3) is 5.24 Å². The van der Waals surface area contributed by atoms with E-state index in [-0.39, 0.29) is 23.2 Å². The van der Waals surface area contributed by atoms with Crippen LogP contribution in [0.5, 0.6) is 0 Å². The van der Waals surface area contributed by atoms with Crippen LogP contribution in [0.2, 0.25) is 0 Å². The van der Waals surface area contributed by atoms with Crippen molar-refractivity contribution < 1.29 is 9.59 Å². The van der Waals surface area contributed by atoms with Crippen LogP contribution >= 0.6 is 35.6 Å². The Labute approximate surface area is 184 Å². The standard InChI is InChI=1S/C10H13ClO.C7H5ClO.C4H12N2.ClH/c1-7-4-5-8(2)10(3,6-7)9(11)12;8-7(9)6-4-2-1-3-5-6;1-4(2,3)6-5;/h4-5H,6H2,1-3H3;1-5H;6H,5H2,1-3H3;1H. The molecule has 1 aromatic carbocycles. The molecule has 7 heteroatoms. The number of rotatable bonds is 2. The second-order valence-electron chi connectivity index (χ2n) is 7.68. The van der Waals surface area contributed by atoms with E-state index in [1.807, 2.05) is 59.8 Å². The van der Waals surface area contributed by atoms with Gasteiger partial charge in [-0.15, -0.1) is 12.4 Å². The minimum atomic E-state index is -0.472. The van der Waals surface area contributed by atoms with Crippen LogP contribution in [0.3, 0.4) is 0 Å². The number of hydrogen-bond acceptors (Lipinski definition) is 4. The van der Waals surface area contributed by atoms with Crippen molar-refractivity contribution in [2.45, 2.75) is 53.5 Å². The SMILES string of the molecule is CC(C)(C)NN.CC1=CC=C(C)C(C)(C(=O)Cl)C1.Cl.O=C(Cl)c1ccccc1. The molecule has 0 aromatic heterocycles. The molecule has 0 saturated heterocycles. The molecule has 0 radical (unpaired) electrons. The molecule has 1 aliphatic carbocycles. The average molecular weight is 450 g/mol. The molecule has 158 valence electrons. The number of allylic oxidation sites excluding steroid dienone is 4. The van der Waals surface area contributed by atoms with Gasteiger partial charge in [0.2, 0.25) is 5.24 Å². The van der Waals surface area contributed by atoms with E-state index < -0.39 is 10.7 Å². The van der Waals surface area contributed by atoms with Crippen LogP contribution in [0.1, 0.15) is 58.3 Å². The van der Waals surface area contributed by atoms with Crippen molar-refractivity contribution in [3.05, 3.63) is 59.2 Å². The zero-order chi connectivity index (χ0) is 21.3. The summed E-state index contributed by atoms with van der Waals surface area (Å²) in [4.78, 5) is 21.6. The van der Waals surface area contributed by atoms with E-state index in [1.165, 1.54) is 5.57 Å². The van der Waals surface area contributed by atoms with Crippen molar-refractivity contribution in [3.8, 4) is 0 Å². The molecular formula is C21H31Cl3N2O2. The minimum Gasteiger partial charge on any atom is -0.280 e. The van der Waals surface area contributed by atoms with Gasteiger partial charge in [0.15, 0.2) is 0 Å². The molecule has 1 aromatic rings. The first-order valence-corrected chi connectivity index (χ1v) is 9.36. The molecule has 3 N–H and O–H groups in total. The maximum Gasteiger partial charge on any atom is 0.252 e. The van der Waals surface area contributed by atoms with Crippen LogP contribution in [0.4, 0.5) is 0 Å². The molecule has 0 amide bonds. The lowest BCUT2D eigenvalue weighted by atomic mass is 9.76. The fraction of sp³-hybridized carbons (Fsp3) is 0.429. The lowest BCUT2D eigenvalue weighted by molar-refractivity contribution is -0.118. The molecule has 0 fully saturated rings. The third-order valence-corrected chi connectivity index (χ3v) is 4.62. The molecule has 0 aliphatic heterocycles. The summed E-state index contributed by atoms with van der Waals surface area (Å²) < 4.78 is 0. The fourth-order valence-electron chi connectivity index (χ4n) is 2.00. The van der Waals surface area contributed by atoms with Crippen molar-refractivity contribution in [1.29, 1.82) is 0 Å². The molecule has 0 heterocycles. The summed E-state index contributed by atoms with van der Waals surface area (Å²) in [5.74, 6) is 5.06. The molecule has 1 atom stereocenters. The van der Waals surface area contributed by atoms with Crippen molar-refractivity contribution in [2.75, 3.05) is 0 Å². The Hall–Kier alpha value is -1.17. The van der Waals surface area contributed by atoms with Gasteiger partial charge < -0.3 is 0 Å². The molecule has 0 saturated carbocycles. The maximum atomic E-state index is 11.2. The number of halogens is 3. The second-order valence-corrected chi connectivity index (χ2v) is 8.37. The van der Waals surface area contributed by atoms with E-state index >= 15 is 0 Å². The Morgan fingerprint density at radius 1 is 1.07 bits per heavy atom. The Kier molecular flexibility index (Phi) is 13.6. The molecule has 1 aliphatic rings. The fourth-order valence-corrected chi connectivity index (χ4v) is 2.34. The number of nitrogens with two attached hydrogens (primary N) is 1. The summed E-state index contributed by atoms with van der Waals surface area (Å²) in [7, 11) is 0. The minimum absolute atomic E-state index is 0. The summed E-state index contributed by atoms with van der Waals surface area (Å²) in [5, 5.41) is -0.667. The highest BCUT2D eigenvalue weighted by molar-refractivity contribution is 6.67. The van der Waals surface area contributed by atoms with Gasteiger partial charge in [0, 0.05) is 11.1 Å². The lowest BCUT2D eigenvalue weighted by Crippen LogP contribution is -2.41. The second kappa shape index (κ2) is 13.1. The van der Waals surface area contributed by atoms with Gasteiger partial charge >= 0.3 is 0 Å². The van der Waals surface area contributed by atoms with E-state index in [0.717, 1.165) is 12.0 Å². The normalized spacial score (nSPS) is 18.0.